The van der Waals surface area contributed by atoms with E-state index in [-0.39, 0.29) is 22.1 Å². The van der Waals surface area contributed by atoms with Crippen LogP contribution in [-0.4, -0.2) is 49.0 Å². The molecular weight excluding hydrogens is 427 g/mol. The third kappa shape index (κ3) is 4.40. The van der Waals surface area contributed by atoms with Gasteiger partial charge in [-0.15, -0.1) is 0 Å². The average Bonchev–Trinajstić information content (AvgIpc) is 2.72. The molecule has 12 heteroatoms. The minimum absolute atomic E-state index is 0.0975. The van der Waals surface area contributed by atoms with E-state index >= 15 is 0 Å². The van der Waals surface area contributed by atoms with Crippen molar-refractivity contribution in [2.24, 2.45) is 0 Å². The lowest BCUT2D eigenvalue weighted by Crippen LogP contribution is -2.47. The Hall–Kier alpha value is -3.08. The predicted molar refractivity (Wildman–Crippen MR) is 105 cm³/mol. The van der Waals surface area contributed by atoms with Gasteiger partial charge in [-0.25, -0.2) is 4.98 Å². The van der Waals surface area contributed by atoms with Crippen molar-refractivity contribution in [2.75, 3.05) is 43.0 Å². The number of nitro benzene ring substituents is 1. The molecular formula is C18H17ClF3N5O3. The number of hydrogen-bond acceptors (Lipinski definition) is 6. The summed E-state index contributed by atoms with van der Waals surface area (Å²) < 4.78 is 38.4. The third-order valence-electron chi connectivity index (χ3n) is 4.73. The van der Waals surface area contributed by atoms with Gasteiger partial charge in [-0.1, -0.05) is 11.6 Å². The summed E-state index contributed by atoms with van der Waals surface area (Å²) in [7, 11) is 1.43. The Balaban J connectivity index is 1.79. The number of anilines is 2. The lowest BCUT2D eigenvalue weighted by atomic mass is 10.1. The molecule has 1 fully saturated rings. The van der Waals surface area contributed by atoms with Crippen LogP contribution < -0.4 is 15.1 Å². The predicted octanol–water partition coefficient (Wildman–Crippen LogP) is 3.35. The number of benzene rings is 1. The molecule has 1 N–H and O–H groups in total. The number of alkyl halides is 3. The molecule has 0 saturated carbocycles. The van der Waals surface area contributed by atoms with Gasteiger partial charge in [0.2, 0.25) is 0 Å². The monoisotopic (exact) mass is 443 g/mol. The number of rotatable bonds is 4. The van der Waals surface area contributed by atoms with Crippen molar-refractivity contribution in [1.29, 1.82) is 0 Å². The van der Waals surface area contributed by atoms with E-state index < -0.39 is 22.6 Å². The highest BCUT2D eigenvalue weighted by atomic mass is 35.5. The number of nitrogens with zero attached hydrogens (tertiary/aromatic N) is 4. The Morgan fingerprint density at radius 3 is 2.37 bits per heavy atom. The summed E-state index contributed by atoms with van der Waals surface area (Å²) in [6, 6.07) is 4.90. The molecule has 3 rings (SSSR count). The van der Waals surface area contributed by atoms with Crippen molar-refractivity contribution in [1.82, 2.24) is 10.3 Å². The molecule has 30 heavy (non-hydrogen) atoms. The van der Waals surface area contributed by atoms with E-state index in [4.69, 9.17) is 11.6 Å². The third-order valence-corrected chi connectivity index (χ3v) is 5.01. The standard InChI is InChI=1S/C18H17ClF3N5O3/c1-23-17(28)13-9-12(27(29)30)2-3-15(13)25-4-6-26(7-5-25)16-14(19)8-11(10-24-16)18(20,21)22/h2-3,8-10H,4-7H2,1H3,(H,23,28). The Labute approximate surface area is 174 Å². The average molecular weight is 444 g/mol. The summed E-state index contributed by atoms with van der Waals surface area (Å²) >= 11 is 6.02. The number of carbonyl (C=O) groups is 1. The molecule has 0 atom stereocenters. The van der Waals surface area contributed by atoms with Gasteiger partial charge in [0.1, 0.15) is 5.82 Å². The van der Waals surface area contributed by atoms with Crippen LogP contribution >= 0.6 is 11.6 Å². The zero-order valence-corrected chi connectivity index (χ0v) is 16.5. The number of nitro groups is 1. The van der Waals surface area contributed by atoms with Gasteiger partial charge in [0.25, 0.3) is 11.6 Å². The van der Waals surface area contributed by atoms with Gasteiger partial charge in [0.15, 0.2) is 0 Å². The van der Waals surface area contributed by atoms with Crippen molar-refractivity contribution in [2.45, 2.75) is 6.18 Å². The van der Waals surface area contributed by atoms with E-state index in [2.05, 4.69) is 10.3 Å². The van der Waals surface area contributed by atoms with Crippen LogP contribution in [0.25, 0.3) is 0 Å². The van der Waals surface area contributed by atoms with E-state index in [0.29, 0.717) is 31.9 Å². The Bertz CT molecular complexity index is 978. The number of amides is 1. The molecule has 2 heterocycles. The molecule has 0 bridgehead atoms. The number of nitrogens with one attached hydrogen (secondary N) is 1. The maximum Gasteiger partial charge on any atom is 0.417 e. The summed E-state index contributed by atoms with van der Waals surface area (Å²) in [5.41, 5.74) is -0.412. The first-order valence-electron chi connectivity index (χ1n) is 8.85. The van der Waals surface area contributed by atoms with Crippen LogP contribution in [0.5, 0.6) is 0 Å². The minimum Gasteiger partial charge on any atom is -0.367 e. The molecule has 1 aliphatic heterocycles. The molecule has 160 valence electrons. The highest BCUT2D eigenvalue weighted by Crippen LogP contribution is 2.34. The number of halogens is 4. The fourth-order valence-corrected chi connectivity index (χ4v) is 3.49. The quantitative estimate of drug-likeness (QED) is 0.575. The van der Waals surface area contributed by atoms with Crippen molar-refractivity contribution >= 4 is 34.7 Å². The maximum absolute atomic E-state index is 12.8. The summed E-state index contributed by atoms with van der Waals surface area (Å²) in [6.07, 6.45) is -3.78. The number of non-ortho nitro benzene ring substituents is 1. The van der Waals surface area contributed by atoms with Crippen LogP contribution in [0.15, 0.2) is 30.5 Å². The molecule has 0 aliphatic carbocycles. The molecule has 2 aromatic rings. The van der Waals surface area contributed by atoms with Crippen LogP contribution in [0.1, 0.15) is 15.9 Å². The van der Waals surface area contributed by atoms with Crippen molar-refractivity contribution in [3.05, 3.63) is 56.7 Å². The topological polar surface area (TPSA) is 91.6 Å². The summed E-state index contributed by atoms with van der Waals surface area (Å²) in [5, 5.41) is 13.4. The van der Waals surface area contributed by atoms with Gasteiger partial charge >= 0.3 is 6.18 Å². The Kier molecular flexibility index (Phi) is 6.01. The van der Waals surface area contributed by atoms with E-state index in [1.165, 1.54) is 25.2 Å². The number of piperazine rings is 1. The number of carbonyl (C=O) groups excluding carboxylic acids is 1. The van der Waals surface area contributed by atoms with Gasteiger partial charge in [0.05, 0.1) is 26.8 Å². The maximum atomic E-state index is 12.8. The molecule has 1 saturated heterocycles. The SMILES string of the molecule is CNC(=O)c1cc([N+](=O)[O-])ccc1N1CCN(c2ncc(C(F)(F)F)cc2Cl)CC1. The summed E-state index contributed by atoms with van der Waals surface area (Å²) in [4.78, 5) is 30.2. The van der Waals surface area contributed by atoms with E-state index in [1.807, 2.05) is 4.90 Å². The Morgan fingerprint density at radius 2 is 1.83 bits per heavy atom. The smallest absolute Gasteiger partial charge is 0.367 e. The lowest BCUT2D eigenvalue weighted by molar-refractivity contribution is -0.384. The summed E-state index contributed by atoms with van der Waals surface area (Å²) in [5.74, 6) is -0.205. The lowest BCUT2D eigenvalue weighted by Gasteiger charge is -2.37. The van der Waals surface area contributed by atoms with Gasteiger partial charge in [-0.2, -0.15) is 13.2 Å². The molecule has 8 nitrogen and oxygen atoms in total. The van der Waals surface area contributed by atoms with E-state index in [1.54, 1.807) is 4.90 Å². The fraction of sp³-hybridized carbons (Fsp3) is 0.333. The highest BCUT2D eigenvalue weighted by Gasteiger charge is 2.32. The minimum atomic E-state index is -4.53. The van der Waals surface area contributed by atoms with Gasteiger partial charge in [-0.3, -0.25) is 14.9 Å². The van der Waals surface area contributed by atoms with Crippen LogP contribution in [0.2, 0.25) is 5.02 Å². The number of aromatic nitrogens is 1. The Morgan fingerprint density at radius 1 is 1.20 bits per heavy atom. The molecule has 1 aliphatic rings. The van der Waals surface area contributed by atoms with Gasteiger partial charge in [-0.05, 0) is 12.1 Å². The van der Waals surface area contributed by atoms with Gasteiger partial charge in [0, 0.05) is 51.6 Å². The van der Waals surface area contributed by atoms with Crippen LogP contribution in [-0.2, 0) is 6.18 Å². The van der Waals surface area contributed by atoms with Crippen molar-refractivity contribution in [3.63, 3.8) is 0 Å². The zero-order chi connectivity index (χ0) is 22.1. The number of hydrogen-bond donors (Lipinski definition) is 1. The molecule has 0 unspecified atom stereocenters. The first kappa shape index (κ1) is 21.6. The molecule has 1 aromatic heterocycles. The van der Waals surface area contributed by atoms with Crippen molar-refractivity contribution in [3.8, 4) is 0 Å². The second-order valence-corrected chi connectivity index (χ2v) is 6.95. The second kappa shape index (κ2) is 8.34. The summed E-state index contributed by atoms with van der Waals surface area (Å²) in [6.45, 7) is 1.62. The second-order valence-electron chi connectivity index (χ2n) is 6.54. The molecule has 0 spiro atoms. The van der Waals surface area contributed by atoms with Gasteiger partial charge < -0.3 is 15.1 Å². The largest absolute Gasteiger partial charge is 0.417 e. The number of pyridine rings is 1. The van der Waals surface area contributed by atoms with Crippen molar-refractivity contribution < 1.29 is 22.9 Å². The molecule has 1 aromatic carbocycles. The molecule has 0 radical (unpaired) electrons. The van der Waals surface area contributed by atoms with Crippen LogP contribution in [0.4, 0.5) is 30.4 Å². The zero-order valence-electron chi connectivity index (χ0n) is 15.7. The highest BCUT2D eigenvalue weighted by molar-refractivity contribution is 6.33. The first-order valence-corrected chi connectivity index (χ1v) is 9.22. The normalized spacial score (nSPS) is 14.6. The fourth-order valence-electron chi connectivity index (χ4n) is 3.21. The molecule has 1 amide bonds. The first-order chi connectivity index (χ1) is 14.1. The van der Waals surface area contributed by atoms with Crippen LogP contribution in [0, 0.1) is 10.1 Å². The van der Waals surface area contributed by atoms with Crippen LogP contribution in [0.3, 0.4) is 0 Å². The van der Waals surface area contributed by atoms with E-state index in [9.17, 15) is 28.1 Å². The van der Waals surface area contributed by atoms with E-state index in [0.717, 1.165) is 12.3 Å².